The average molecular weight is 207 g/mol. The SMILES string of the molecule is Cc1c(N)nc(C2CC2)nc1OC(C)C. The molecule has 1 aromatic heterocycles. The second-order valence-electron chi connectivity index (χ2n) is 4.34. The molecule has 1 heterocycles. The summed E-state index contributed by atoms with van der Waals surface area (Å²) >= 11 is 0. The minimum Gasteiger partial charge on any atom is -0.475 e. The van der Waals surface area contributed by atoms with Crippen molar-refractivity contribution in [1.82, 2.24) is 9.97 Å². The zero-order valence-corrected chi connectivity index (χ0v) is 9.45. The van der Waals surface area contributed by atoms with Crippen LogP contribution in [0.25, 0.3) is 0 Å². The Labute approximate surface area is 89.9 Å². The quantitative estimate of drug-likeness (QED) is 0.823. The van der Waals surface area contributed by atoms with E-state index in [1.165, 1.54) is 12.8 Å². The number of rotatable bonds is 3. The number of aromatic nitrogens is 2. The summed E-state index contributed by atoms with van der Waals surface area (Å²) in [6.07, 6.45) is 2.46. The van der Waals surface area contributed by atoms with Gasteiger partial charge in [0.05, 0.1) is 11.7 Å². The molecule has 0 saturated heterocycles. The standard InChI is InChI=1S/C11H17N3O/c1-6(2)15-11-7(3)9(12)13-10(14-11)8-4-5-8/h6,8H,4-5H2,1-3H3,(H2,12,13,14). The highest BCUT2D eigenvalue weighted by Gasteiger charge is 2.28. The number of nitrogens with zero attached hydrogens (tertiary/aromatic N) is 2. The minimum absolute atomic E-state index is 0.116. The molecular formula is C11H17N3O. The Bertz CT molecular complexity index is 372. The van der Waals surface area contributed by atoms with Gasteiger partial charge in [0, 0.05) is 5.92 Å². The predicted octanol–water partition coefficient (Wildman–Crippen LogP) is 2.03. The zero-order valence-electron chi connectivity index (χ0n) is 9.45. The summed E-state index contributed by atoms with van der Waals surface area (Å²) in [4.78, 5) is 8.71. The van der Waals surface area contributed by atoms with Gasteiger partial charge in [0.15, 0.2) is 0 Å². The molecule has 0 unspecified atom stereocenters. The second kappa shape index (κ2) is 3.68. The predicted molar refractivity (Wildman–Crippen MR) is 58.9 cm³/mol. The fourth-order valence-electron chi connectivity index (χ4n) is 1.39. The van der Waals surface area contributed by atoms with Crippen molar-refractivity contribution in [3.63, 3.8) is 0 Å². The van der Waals surface area contributed by atoms with Gasteiger partial charge >= 0.3 is 0 Å². The molecule has 4 heteroatoms. The number of anilines is 1. The van der Waals surface area contributed by atoms with Crippen molar-refractivity contribution < 1.29 is 4.74 Å². The molecule has 1 fully saturated rings. The number of hydrogen-bond acceptors (Lipinski definition) is 4. The largest absolute Gasteiger partial charge is 0.475 e. The lowest BCUT2D eigenvalue weighted by Crippen LogP contribution is -2.11. The Kier molecular flexibility index (Phi) is 2.50. The summed E-state index contributed by atoms with van der Waals surface area (Å²) in [6, 6.07) is 0. The topological polar surface area (TPSA) is 61.0 Å². The van der Waals surface area contributed by atoms with Crippen LogP contribution >= 0.6 is 0 Å². The summed E-state index contributed by atoms with van der Waals surface area (Å²) in [5.41, 5.74) is 6.67. The van der Waals surface area contributed by atoms with Crippen molar-refractivity contribution in [2.45, 2.75) is 45.6 Å². The molecule has 0 aliphatic heterocycles. The minimum atomic E-state index is 0.116. The molecule has 0 bridgehead atoms. The van der Waals surface area contributed by atoms with Crippen molar-refractivity contribution >= 4 is 5.82 Å². The van der Waals surface area contributed by atoms with Gasteiger partial charge in [-0.05, 0) is 33.6 Å². The first-order chi connectivity index (χ1) is 7.08. The fraction of sp³-hybridized carbons (Fsp3) is 0.636. The van der Waals surface area contributed by atoms with Crippen molar-refractivity contribution in [3.8, 4) is 5.88 Å². The molecule has 1 aliphatic rings. The number of nitrogens with two attached hydrogens (primary N) is 1. The lowest BCUT2D eigenvalue weighted by Gasteiger charge is -2.13. The van der Waals surface area contributed by atoms with Crippen LogP contribution in [0.5, 0.6) is 5.88 Å². The molecule has 82 valence electrons. The number of hydrogen-bond donors (Lipinski definition) is 1. The van der Waals surface area contributed by atoms with Gasteiger partial charge in [0.1, 0.15) is 11.6 Å². The van der Waals surface area contributed by atoms with Crippen molar-refractivity contribution in [2.24, 2.45) is 0 Å². The Morgan fingerprint density at radius 3 is 2.53 bits per heavy atom. The van der Waals surface area contributed by atoms with Crippen molar-refractivity contribution in [3.05, 3.63) is 11.4 Å². The fourth-order valence-corrected chi connectivity index (χ4v) is 1.39. The van der Waals surface area contributed by atoms with E-state index in [-0.39, 0.29) is 6.10 Å². The van der Waals surface area contributed by atoms with Crippen LogP contribution in [0.3, 0.4) is 0 Å². The Morgan fingerprint density at radius 2 is 2.00 bits per heavy atom. The third-order valence-corrected chi connectivity index (χ3v) is 2.45. The van der Waals surface area contributed by atoms with E-state index in [9.17, 15) is 0 Å². The van der Waals surface area contributed by atoms with Crippen LogP contribution in [0.2, 0.25) is 0 Å². The van der Waals surface area contributed by atoms with Gasteiger partial charge in [-0.15, -0.1) is 0 Å². The first-order valence-corrected chi connectivity index (χ1v) is 5.38. The van der Waals surface area contributed by atoms with Gasteiger partial charge in [0.25, 0.3) is 0 Å². The van der Waals surface area contributed by atoms with Gasteiger partial charge in [-0.25, -0.2) is 4.98 Å². The maximum absolute atomic E-state index is 5.83. The maximum Gasteiger partial charge on any atom is 0.222 e. The van der Waals surface area contributed by atoms with Crippen LogP contribution in [-0.2, 0) is 0 Å². The highest BCUT2D eigenvalue weighted by Crippen LogP contribution is 2.39. The molecule has 0 atom stereocenters. The third-order valence-electron chi connectivity index (χ3n) is 2.45. The molecule has 2 N–H and O–H groups in total. The summed E-state index contributed by atoms with van der Waals surface area (Å²) < 4.78 is 5.61. The molecule has 1 saturated carbocycles. The summed E-state index contributed by atoms with van der Waals surface area (Å²) in [6.45, 7) is 5.85. The number of ether oxygens (including phenoxy) is 1. The highest BCUT2D eigenvalue weighted by atomic mass is 16.5. The van der Waals surface area contributed by atoms with E-state index in [0.29, 0.717) is 17.6 Å². The summed E-state index contributed by atoms with van der Waals surface area (Å²) in [7, 11) is 0. The van der Waals surface area contributed by atoms with E-state index in [1.807, 2.05) is 20.8 Å². The molecule has 15 heavy (non-hydrogen) atoms. The first-order valence-electron chi connectivity index (χ1n) is 5.38. The molecule has 1 aliphatic carbocycles. The van der Waals surface area contributed by atoms with E-state index in [0.717, 1.165) is 11.4 Å². The van der Waals surface area contributed by atoms with E-state index in [2.05, 4.69) is 9.97 Å². The summed E-state index contributed by atoms with van der Waals surface area (Å²) in [5.74, 6) is 2.53. The molecule has 2 rings (SSSR count). The van der Waals surface area contributed by atoms with Gasteiger partial charge in [-0.1, -0.05) is 0 Å². The lowest BCUT2D eigenvalue weighted by molar-refractivity contribution is 0.230. The molecular weight excluding hydrogens is 190 g/mol. The monoisotopic (exact) mass is 207 g/mol. The Morgan fingerprint density at radius 1 is 1.33 bits per heavy atom. The van der Waals surface area contributed by atoms with Crippen molar-refractivity contribution in [2.75, 3.05) is 5.73 Å². The molecule has 0 spiro atoms. The molecule has 0 radical (unpaired) electrons. The zero-order chi connectivity index (χ0) is 11.0. The molecule has 0 amide bonds. The van der Waals surface area contributed by atoms with Crippen LogP contribution in [0.1, 0.15) is 44.0 Å². The van der Waals surface area contributed by atoms with Crippen LogP contribution in [0, 0.1) is 6.92 Å². The molecule has 4 nitrogen and oxygen atoms in total. The van der Waals surface area contributed by atoms with Crippen molar-refractivity contribution in [1.29, 1.82) is 0 Å². The van der Waals surface area contributed by atoms with Gasteiger partial charge in [0.2, 0.25) is 5.88 Å². The Hall–Kier alpha value is -1.32. The van der Waals surface area contributed by atoms with Crippen LogP contribution in [0.4, 0.5) is 5.82 Å². The first kappa shape index (κ1) is 10.2. The molecule has 0 aromatic carbocycles. The van der Waals surface area contributed by atoms with Crippen LogP contribution in [-0.4, -0.2) is 16.1 Å². The van der Waals surface area contributed by atoms with Gasteiger partial charge in [-0.3, -0.25) is 0 Å². The van der Waals surface area contributed by atoms with E-state index < -0.39 is 0 Å². The summed E-state index contributed by atoms with van der Waals surface area (Å²) in [5, 5.41) is 0. The molecule has 1 aromatic rings. The van der Waals surface area contributed by atoms with Gasteiger partial charge < -0.3 is 10.5 Å². The smallest absolute Gasteiger partial charge is 0.222 e. The average Bonchev–Trinajstić information content (AvgIpc) is 2.94. The second-order valence-corrected chi connectivity index (χ2v) is 4.34. The van der Waals surface area contributed by atoms with Crippen LogP contribution in [0.15, 0.2) is 0 Å². The third kappa shape index (κ3) is 2.19. The maximum atomic E-state index is 5.83. The Balaban J connectivity index is 2.33. The normalized spacial score (nSPS) is 15.7. The van der Waals surface area contributed by atoms with E-state index in [4.69, 9.17) is 10.5 Å². The van der Waals surface area contributed by atoms with Gasteiger partial charge in [-0.2, -0.15) is 4.98 Å². The van der Waals surface area contributed by atoms with E-state index in [1.54, 1.807) is 0 Å². The highest BCUT2D eigenvalue weighted by molar-refractivity contribution is 5.45. The lowest BCUT2D eigenvalue weighted by atomic mass is 10.3. The van der Waals surface area contributed by atoms with Crippen LogP contribution < -0.4 is 10.5 Å². The number of nitrogen functional groups attached to an aromatic ring is 1. The van der Waals surface area contributed by atoms with E-state index >= 15 is 0 Å².